The van der Waals surface area contributed by atoms with Gasteiger partial charge >= 0.3 is 6.61 Å². The minimum absolute atomic E-state index is 0.102. The molecular weight excluding hydrogens is 458 g/mol. The average molecular weight is 475 g/mol. The van der Waals surface area contributed by atoms with Crippen LogP contribution in [0, 0.1) is 11.3 Å². The molecule has 1 aromatic heterocycles. The van der Waals surface area contributed by atoms with Crippen molar-refractivity contribution in [3.63, 3.8) is 0 Å². The van der Waals surface area contributed by atoms with Crippen LogP contribution < -0.4 is 10.1 Å². The maximum atomic E-state index is 13.2. The Bertz CT molecular complexity index is 1240. The van der Waals surface area contributed by atoms with Gasteiger partial charge in [0.05, 0.1) is 28.4 Å². The lowest BCUT2D eigenvalue weighted by Crippen LogP contribution is -2.43. The molecule has 30 heavy (non-hydrogen) atoms. The van der Waals surface area contributed by atoms with Gasteiger partial charge in [-0.3, -0.25) is 9.48 Å². The number of carbonyl (C=O) groups is 1. The minimum atomic E-state index is -3.09. The molecule has 1 aliphatic heterocycles. The van der Waals surface area contributed by atoms with E-state index in [-0.39, 0.29) is 11.3 Å². The molecule has 9 heteroatoms. The number of benzene rings is 2. The van der Waals surface area contributed by atoms with E-state index in [4.69, 9.17) is 4.74 Å². The standard InChI is InChI=1S/C21H17BrF2N4O2/c1-21(2)9-26-19(29)17-13(21)5-10(6-15(17)30-20(23)24)18-16-11(8-25)4-12(22)7-14(16)27-28(18)3/h4-7,20H,9H2,1-3H3,(H,26,29). The Hall–Kier alpha value is -2.99. The number of nitrogens with zero attached hydrogens (tertiary/aromatic N) is 3. The molecule has 1 aliphatic rings. The highest BCUT2D eigenvalue weighted by atomic mass is 79.9. The first kappa shape index (κ1) is 20.3. The minimum Gasteiger partial charge on any atom is -0.434 e. The third-order valence-corrected chi connectivity index (χ3v) is 5.72. The van der Waals surface area contributed by atoms with Gasteiger partial charge in [0.15, 0.2) is 0 Å². The fourth-order valence-corrected chi connectivity index (χ4v) is 4.35. The van der Waals surface area contributed by atoms with Crippen LogP contribution in [0.15, 0.2) is 28.7 Å². The van der Waals surface area contributed by atoms with Gasteiger partial charge in [-0.15, -0.1) is 0 Å². The van der Waals surface area contributed by atoms with Crippen molar-refractivity contribution < 1.29 is 18.3 Å². The third kappa shape index (κ3) is 3.21. The van der Waals surface area contributed by atoms with Crippen LogP contribution in [-0.2, 0) is 12.5 Å². The van der Waals surface area contributed by atoms with Crippen LogP contribution in [0.25, 0.3) is 22.2 Å². The van der Waals surface area contributed by atoms with Crippen LogP contribution in [0.5, 0.6) is 5.75 Å². The summed E-state index contributed by atoms with van der Waals surface area (Å²) >= 11 is 3.38. The summed E-state index contributed by atoms with van der Waals surface area (Å²) in [7, 11) is 1.72. The Balaban J connectivity index is 2.07. The van der Waals surface area contributed by atoms with Crippen molar-refractivity contribution in [3.05, 3.63) is 45.4 Å². The molecule has 0 aliphatic carbocycles. The van der Waals surface area contributed by atoms with E-state index in [2.05, 4.69) is 32.4 Å². The molecule has 0 radical (unpaired) electrons. The van der Waals surface area contributed by atoms with E-state index in [9.17, 15) is 18.8 Å². The molecule has 4 rings (SSSR count). The normalized spacial score (nSPS) is 15.1. The van der Waals surface area contributed by atoms with Gasteiger partial charge in [-0.1, -0.05) is 29.8 Å². The smallest absolute Gasteiger partial charge is 0.387 e. The second-order valence-corrected chi connectivity index (χ2v) is 8.69. The van der Waals surface area contributed by atoms with E-state index < -0.39 is 17.9 Å². The van der Waals surface area contributed by atoms with Gasteiger partial charge < -0.3 is 10.1 Å². The summed E-state index contributed by atoms with van der Waals surface area (Å²) in [6, 6.07) is 8.84. The number of hydrogen-bond donors (Lipinski definition) is 1. The maximum Gasteiger partial charge on any atom is 0.387 e. The molecule has 0 atom stereocenters. The molecule has 154 valence electrons. The van der Waals surface area contributed by atoms with Crippen molar-refractivity contribution in [1.82, 2.24) is 15.1 Å². The number of carbonyl (C=O) groups excluding carboxylic acids is 1. The van der Waals surface area contributed by atoms with E-state index in [1.807, 2.05) is 13.8 Å². The van der Waals surface area contributed by atoms with Crippen LogP contribution in [0.2, 0.25) is 0 Å². The van der Waals surface area contributed by atoms with Crippen LogP contribution in [0.4, 0.5) is 8.78 Å². The van der Waals surface area contributed by atoms with E-state index in [1.54, 1.807) is 29.9 Å². The molecule has 2 aromatic carbocycles. The Labute approximate surface area is 179 Å². The second-order valence-electron chi connectivity index (χ2n) is 7.77. The van der Waals surface area contributed by atoms with Crippen LogP contribution in [0.3, 0.4) is 0 Å². The Morgan fingerprint density at radius 1 is 1.33 bits per heavy atom. The molecule has 1 amide bonds. The van der Waals surface area contributed by atoms with Crippen LogP contribution in [-0.4, -0.2) is 28.8 Å². The Morgan fingerprint density at radius 3 is 2.73 bits per heavy atom. The quantitative estimate of drug-likeness (QED) is 0.605. The molecule has 1 N–H and O–H groups in total. The summed E-state index contributed by atoms with van der Waals surface area (Å²) in [4.78, 5) is 12.5. The fourth-order valence-electron chi connectivity index (χ4n) is 3.91. The number of nitrogens with one attached hydrogen (secondary N) is 1. The van der Waals surface area contributed by atoms with Gasteiger partial charge in [-0.05, 0) is 29.8 Å². The number of aromatic nitrogens is 2. The number of nitriles is 1. The molecule has 0 spiro atoms. The first-order chi connectivity index (χ1) is 14.1. The zero-order valence-electron chi connectivity index (χ0n) is 16.4. The van der Waals surface area contributed by atoms with Crippen molar-refractivity contribution in [2.75, 3.05) is 6.54 Å². The van der Waals surface area contributed by atoms with Gasteiger partial charge in [0.2, 0.25) is 0 Å². The molecule has 2 heterocycles. The number of rotatable bonds is 3. The first-order valence-electron chi connectivity index (χ1n) is 9.10. The lowest BCUT2D eigenvalue weighted by atomic mass is 9.77. The average Bonchev–Trinajstić information content (AvgIpc) is 2.99. The number of aryl methyl sites for hydroxylation is 1. The largest absolute Gasteiger partial charge is 0.434 e. The number of fused-ring (bicyclic) bond motifs is 2. The topological polar surface area (TPSA) is 79.9 Å². The molecule has 0 saturated carbocycles. The van der Waals surface area contributed by atoms with E-state index in [0.29, 0.717) is 44.3 Å². The second kappa shape index (κ2) is 7.06. The zero-order valence-corrected chi connectivity index (χ0v) is 18.0. The number of alkyl halides is 2. The monoisotopic (exact) mass is 474 g/mol. The lowest BCUT2D eigenvalue weighted by Gasteiger charge is -2.34. The molecule has 6 nitrogen and oxygen atoms in total. The summed E-state index contributed by atoms with van der Waals surface area (Å²) in [5, 5.41) is 17.5. The van der Waals surface area contributed by atoms with Gasteiger partial charge in [-0.25, -0.2) is 0 Å². The van der Waals surface area contributed by atoms with Crippen molar-refractivity contribution in [3.8, 4) is 23.1 Å². The molecule has 0 bridgehead atoms. The highest BCUT2D eigenvalue weighted by molar-refractivity contribution is 9.10. The van der Waals surface area contributed by atoms with Crippen LogP contribution in [0.1, 0.15) is 35.3 Å². The molecule has 0 unspecified atom stereocenters. The number of hydrogen-bond acceptors (Lipinski definition) is 4. The van der Waals surface area contributed by atoms with Crippen molar-refractivity contribution >= 4 is 32.7 Å². The van der Waals surface area contributed by atoms with E-state index in [0.717, 1.165) is 0 Å². The molecule has 0 saturated heterocycles. The van der Waals surface area contributed by atoms with E-state index in [1.165, 1.54) is 6.07 Å². The lowest BCUT2D eigenvalue weighted by molar-refractivity contribution is -0.0502. The zero-order chi connectivity index (χ0) is 21.8. The highest BCUT2D eigenvalue weighted by Crippen LogP contribution is 2.41. The van der Waals surface area contributed by atoms with Gasteiger partial charge in [0, 0.05) is 34.4 Å². The summed E-state index contributed by atoms with van der Waals surface area (Å²) in [6.07, 6.45) is 0. The molecule has 3 aromatic rings. The van der Waals surface area contributed by atoms with Crippen molar-refractivity contribution in [1.29, 1.82) is 5.26 Å². The van der Waals surface area contributed by atoms with Crippen molar-refractivity contribution in [2.24, 2.45) is 7.05 Å². The summed E-state index contributed by atoms with van der Waals surface area (Å²) < 4.78 is 33.4. The Morgan fingerprint density at radius 2 is 2.07 bits per heavy atom. The number of halogens is 3. The molecule has 0 fully saturated rings. The van der Waals surface area contributed by atoms with Crippen molar-refractivity contribution in [2.45, 2.75) is 25.9 Å². The van der Waals surface area contributed by atoms with Gasteiger partial charge in [-0.2, -0.15) is 19.1 Å². The summed E-state index contributed by atoms with van der Waals surface area (Å²) in [5.74, 6) is -0.657. The molecular formula is C21H17BrF2N4O2. The fraction of sp³-hybridized carbons (Fsp3) is 0.286. The Kier molecular flexibility index (Phi) is 4.77. The third-order valence-electron chi connectivity index (χ3n) is 5.26. The van der Waals surface area contributed by atoms with E-state index >= 15 is 0 Å². The highest BCUT2D eigenvalue weighted by Gasteiger charge is 2.35. The van der Waals surface area contributed by atoms with Gasteiger partial charge in [0.25, 0.3) is 5.91 Å². The summed E-state index contributed by atoms with van der Waals surface area (Å²) in [5.41, 5.74) is 2.30. The first-order valence-corrected chi connectivity index (χ1v) is 9.90. The predicted octanol–water partition coefficient (Wildman–Crippen LogP) is 4.50. The SMILES string of the molecule is Cn1nc2cc(Br)cc(C#N)c2c1-c1cc(OC(F)F)c2c(c1)C(C)(C)CNC2=O. The predicted molar refractivity (Wildman–Crippen MR) is 111 cm³/mol. The van der Waals surface area contributed by atoms with Gasteiger partial charge in [0.1, 0.15) is 5.75 Å². The maximum absolute atomic E-state index is 13.2. The number of amides is 1. The van der Waals surface area contributed by atoms with Crippen LogP contribution >= 0.6 is 15.9 Å². The number of ether oxygens (including phenoxy) is 1. The summed E-state index contributed by atoms with van der Waals surface area (Å²) in [6.45, 7) is 1.11.